The van der Waals surface area contributed by atoms with Crippen LogP contribution in [0.5, 0.6) is 0 Å². The molecule has 2 atom stereocenters. The van der Waals surface area contributed by atoms with Crippen LogP contribution in [0.1, 0.15) is 50.8 Å². The SMILES string of the molecule is C#Cc1ccc(C(CO)NC=O)cc1.CC(C)(C)CC(=O)N1CCC(O)C1.N. The highest BCUT2D eigenvalue weighted by Crippen LogP contribution is 2.21. The number of aliphatic hydroxyl groups excluding tert-OH is 2. The summed E-state index contributed by atoms with van der Waals surface area (Å²) in [7, 11) is 0. The van der Waals surface area contributed by atoms with Gasteiger partial charge in [-0.05, 0) is 29.5 Å². The first-order valence-corrected chi connectivity index (χ1v) is 9.03. The van der Waals surface area contributed by atoms with E-state index in [1.54, 1.807) is 29.2 Å². The summed E-state index contributed by atoms with van der Waals surface area (Å²) >= 11 is 0. The molecule has 7 nitrogen and oxygen atoms in total. The van der Waals surface area contributed by atoms with Crippen molar-refractivity contribution in [1.82, 2.24) is 16.4 Å². The lowest BCUT2D eigenvalue weighted by molar-refractivity contribution is -0.132. The lowest BCUT2D eigenvalue weighted by Gasteiger charge is -2.22. The van der Waals surface area contributed by atoms with Gasteiger partial charge in [0.2, 0.25) is 12.3 Å². The highest BCUT2D eigenvalue weighted by molar-refractivity contribution is 5.77. The summed E-state index contributed by atoms with van der Waals surface area (Å²) in [5.74, 6) is 2.66. The molecule has 7 heteroatoms. The maximum absolute atomic E-state index is 11.6. The Hall–Kier alpha value is -2.40. The minimum atomic E-state index is -0.362. The molecule has 1 saturated heterocycles. The second-order valence-electron chi connectivity index (χ2n) is 7.81. The fourth-order valence-corrected chi connectivity index (χ4v) is 2.68. The van der Waals surface area contributed by atoms with Crippen LogP contribution in [0.3, 0.4) is 0 Å². The Labute approximate surface area is 167 Å². The average Bonchev–Trinajstić information content (AvgIpc) is 3.06. The van der Waals surface area contributed by atoms with E-state index in [0.29, 0.717) is 19.4 Å². The van der Waals surface area contributed by atoms with Crippen molar-refractivity contribution in [2.45, 2.75) is 45.8 Å². The van der Waals surface area contributed by atoms with Crippen molar-refractivity contribution >= 4 is 12.3 Å². The van der Waals surface area contributed by atoms with Gasteiger partial charge in [0.15, 0.2) is 0 Å². The molecule has 28 heavy (non-hydrogen) atoms. The number of nitrogens with one attached hydrogen (secondary N) is 1. The topological polar surface area (TPSA) is 125 Å². The van der Waals surface area contributed by atoms with E-state index < -0.39 is 0 Å². The highest BCUT2D eigenvalue weighted by Gasteiger charge is 2.27. The number of rotatable bonds is 5. The molecule has 1 aromatic carbocycles. The van der Waals surface area contributed by atoms with Crippen LogP contribution in [0.2, 0.25) is 0 Å². The van der Waals surface area contributed by atoms with E-state index >= 15 is 0 Å². The van der Waals surface area contributed by atoms with E-state index in [1.807, 2.05) is 0 Å². The van der Waals surface area contributed by atoms with Crippen LogP contribution in [0.15, 0.2) is 24.3 Å². The van der Waals surface area contributed by atoms with Crippen LogP contribution < -0.4 is 11.5 Å². The maximum atomic E-state index is 11.6. The number of benzene rings is 1. The molecule has 0 aliphatic carbocycles. The summed E-state index contributed by atoms with van der Waals surface area (Å²) < 4.78 is 0. The van der Waals surface area contributed by atoms with Crippen molar-refractivity contribution in [3.05, 3.63) is 35.4 Å². The molecule has 0 aromatic heterocycles. The molecule has 1 aliphatic rings. The summed E-state index contributed by atoms with van der Waals surface area (Å²) in [6.45, 7) is 7.27. The summed E-state index contributed by atoms with van der Waals surface area (Å²) in [5.41, 5.74) is 1.65. The van der Waals surface area contributed by atoms with Crippen molar-refractivity contribution < 1.29 is 19.8 Å². The van der Waals surface area contributed by atoms with Gasteiger partial charge in [0.25, 0.3) is 0 Å². The number of likely N-dealkylation sites (tertiary alicyclic amines) is 1. The van der Waals surface area contributed by atoms with Crippen LogP contribution >= 0.6 is 0 Å². The van der Waals surface area contributed by atoms with E-state index in [0.717, 1.165) is 24.1 Å². The number of aliphatic hydroxyl groups is 2. The number of amides is 2. The number of nitrogens with zero attached hydrogens (tertiary/aromatic N) is 1. The molecule has 2 amide bonds. The molecule has 0 saturated carbocycles. The first kappa shape index (κ1) is 25.6. The van der Waals surface area contributed by atoms with E-state index in [4.69, 9.17) is 11.5 Å². The first-order chi connectivity index (χ1) is 12.7. The van der Waals surface area contributed by atoms with Crippen molar-refractivity contribution in [3.63, 3.8) is 0 Å². The van der Waals surface area contributed by atoms with Gasteiger partial charge < -0.3 is 26.6 Å². The highest BCUT2D eigenvalue weighted by atomic mass is 16.3. The zero-order valence-electron chi connectivity index (χ0n) is 17.0. The van der Waals surface area contributed by atoms with Crippen molar-refractivity contribution in [2.75, 3.05) is 19.7 Å². The Bertz CT molecular complexity index is 647. The van der Waals surface area contributed by atoms with Crippen LogP contribution in [0, 0.1) is 17.8 Å². The van der Waals surface area contributed by atoms with Crippen LogP contribution in [-0.2, 0) is 9.59 Å². The number of carbonyl (C=O) groups is 2. The minimum Gasteiger partial charge on any atom is -0.394 e. The molecule has 0 radical (unpaired) electrons. The molecule has 1 aliphatic heterocycles. The third-order valence-electron chi connectivity index (χ3n) is 4.13. The molecule has 1 fully saturated rings. The second-order valence-corrected chi connectivity index (χ2v) is 7.81. The number of carbonyl (C=O) groups excluding carboxylic acids is 2. The van der Waals surface area contributed by atoms with Gasteiger partial charge >= 0.3 is 0 Å². The monoisotopic (exact) mass is 391 g/mol. The van der Waals surface area contributed by atoms with E-state index in [-0.39, 0.29) is 36.2 Å². The quantitative estimate of drug-likeness (QED) is 0.448. The third kappa shape index (κ3) is 9.00. The number of terminal acetylenes is 1. The Morgan fingerprint density at radius 3 is 2.39 bits per heavy atom. The molecular formula is C21H33N3O4. The van der Waals surface area contributed by atoms with Gasteiger partial charge in [-0.2, -0.15) is 0 Å². The molecular weight excluding hydrogens is 358 g/mol. The Balaban J connectivity index is 0.000000504. The summed E-state index contributed by atoms with van der Waals surface area (Å²) in [5, 5.41) is 20.7. The first-order valence-electron chi connectivity index (χ1n) is 9.03. The number of β-amino-alcohol motifs (C(OH)–C–C–N with tert-alkyl or cyclic N) is 1. The Morgan fingerprint density at radius 2 is 2.00 bits per heavy atom. The van der Waals surface area contributed by atoms with Crippen molar-refractivity contribution in [3.8, 4) is 12.3 Å². The predicted octanol–water partition coefficient (Wildman–Crippen LogP) is 1.63. The van der Waals surface area contributed by atoms with Crippen LogP contribution in [0.4, 0.5) is 0 Å². The largest absolute Gasteiger partial charge is 0.394 e. The molecule has 156 valence electrons. The van der Waals surface area contributed by atoms with E-state index in [2.05, 4.69) is 32.0 Å². The molecule has 0 spiro atoms. The fraction of sp³-hybridized carbons (Fsp3) is 0.524. The molecule has 0 bridgehead atoms. The van der Waals surface area contributed by atoms with Gasteiger partial charge in [0, 0.05) is 25.1 Å². The van der Waals surface area contributed by atoms with Crippen LogP contribution in [0.25, 0.3) is 0 Å². The smallest absolute Gasteiger partial charge is 0.223 e. The normalized spacial score (nSPS) is 16.7. The zero-order valence-corrected chi connectivity index (χ0v) is 17.0. The summed E-state index contributed by atoms with van der Waals surface area (Å²) in [4.78, 5) is 23.6. The van der Waals surface area contributed by atoms with Gasteiger partial charge in [0.1, 0.15) is 0 Å². The summed E-state index contributed by atoms with van der Waals surface area (Å²) in [6, 6.07) is 6.74. The van der Waals surface area contributed by atoms with Gasteiger partial charge in [-0.25, -0.2) is 0 Å². The lowest BCUT2D eigenvalue weighted by Crippen LogP contribution is -2.32. The molecule has 6 N–H and O–H groups in total. The Morgan fingerprint density at radius 1 is 1.39 bits per heavy atom. The summed E-state index contributed by atoms with van der Waals surface area (Å²) in [6.07, 6.45) is 6.76. The lowest BCUT2D eigenvalue weighted by atomic mass is 9.92. The Kier molecular flexibility index (Phi) is 11.1. The van der Waals surface area contributed by atoms with E-state index in [9.17, 15) is 14.7 Å². The molecule has 2 unspecified atom stereocenters. The van der Waals surface area contributed by atoms with Crippen molar-refractivity contribution in [1.29, 1.82) is 0 Å². The van der Waals surface area contributed by atoms with Crippen molar-refractivity contribution in [2.24, 2.45) is 5.41 Å². The van der Waals surface area contributed by atoms with E-state index in [1.165, 1.54) is 0 Å². The fourth-order valence-electron chi connectivity index (χ4n) is 2.68. The average molecular weight is 392 g/mol. The third-order valence-corrected chi connectivity index (χ3v) is 4.13. The number of hydrogen-bond acceptors (Lipinski definition) is 5. The van der Waals surface area contributed by atoms with Gasteiger partial charge in [-0.15, -0.1) is 6.42 Å². The van der Waals surface area contributed by atoms with Crippen LogP contribution in [-0.4, -0.2) is 53.2 Å². The van der Waals surface area contributed by atoms with Gasteiger partial charge in [0.05, 0.1) is 18.8 Å². The number of hydrogen-bond donors (Lipinski definition) is 4. The van der Waals surface area contributed by atoms with Gasteiger partial charge in [-0.3, -0.25) is 9.59 Å². The molecule has 1 heterocycles. The standard InChI is InChI=1S/C11H11NO2.C10H19NO2.H3N/c1-2-9-3-5-10(6-4-9)11(7-13)12-8-14;1-10(2,3)6-9(13)11-5-4-8(12)7-11;/h1,3-6,8,11,13H,7H2,(H,12,14);8,12H,4-7H2,1-3H3;1H3. The van der Waals surface area contributed by atoms with Gasteiger partial charge in [-0.1, -0.05) is 38.8 Å². The molecule has 1 aromatic rings. The zero-order chi connectivity index (χ0) is 20.4. The second kappa shape index (κ2) is 12.1. The maximum Gasteiger partial charge on any atom is 0.223 e. The molecule has 2 rings (SSSR count). The minimum absolute atomic E-state index is 0. The predicted molar refractivity (Wildman–Crippen MR) is 110 cm³/mol.